The smallest absolute Gasteiger partial charge is 0.108 e. The summed E-state index contributed by atoms with van der Waals surface area (Å²) in [6.45, 7) is 0. The van der Waals surface area contributed by atoms with Crippen LogP contribution >= 0.6 is 0 Å². The van der Waals surface area contributed by atoms with Crippen molar-refractivity contribution in [3.63, 3.8) is 0 Å². The van der Waals surface area contributed by atoms with Crippen molar-refractivity contribution >= 4 is 16.6 Å². The molecule has 6 aliphatic carbocycles. The topological polar surface area (TPSA) is 113 Å². The Labute approximate surface area is 367 Å². The Bertz CT molecular complexity index is 2210. The van der Waals surface area contributed by atoms with Crippen molar-refractivity contribution in [1.29, 1.82) is 0 Å². The summed E-state index contributed by atoms with van der Waals surface area (Å²) >= 11 is 0. The second-order valence-electron chi connectivity index (χ2n) is 19.7. The van der Waals surface area contributed by atoms with Gasteiger partial charge in [-0.15, -0.1) is 0 Å². The minimum Gasteiger partial charge on any atom is -0.388 e. The highest BCUT2D eigenvalue weighted by Gasteiger charge is 2.44. The van der Waals surface area contributed by atoms with Gasteiger partial charge in [-0.25, -0.2) is 28.1 Å². The molecule has 12 heteroatoms. The predicted molar refractivity (Wildman–Crippen MR) is 237 cm³/mol. The average Bonchev–Trinajstić information content (AvgIpc) is 4.20. The first-order chi connectivity index (χ1) is 30.8. The molecule has 0 amide bonds. The lowest BCUT2D eigenvalue weighted by Crippen LogP contribution is -2.18. The van der Waals surface area contributed by atoms with E-state index in [2.05, 4.69) is 15.0 Å². The lowest BCUT2D eigenvalue weighted by molar-refractivity contribution is 0.0848. The summed E-state index contributed by atoms with van der Waals surface area (Å²) in [7, 11) is 0. The van der Waals surface area contributed by atoms with Gasteiger partial charge in [0.05, 0.1) is 72.4 Å². The molecule has 6 fully saturated rings. The van der Waals surface area contributed by atoms with Crippen LogP contribution in [0, 0.1) is 17.8 Å². The third-order valence-corrected chi connectivity index (χ3v) is 15.5. The molecule has 63 heavy (non-hydrogen) atoms. The van der Waals surface area contributed by atoms with Gasteiger partial charge in [-0.3, -0.25) is 0 Å². The third-order valence-electron chi connectivity index (χ3n) is 15.5. The first kappa shape index (κ1) is 42.7. The van der Waals surface area contributed by atoms with Gasteiger partial charge in [0.15, 0.2) is 0 Å². The van der Waals surface area contributed by atoms with E-state index in [1.54, 1.807) is 37.6 Å². The summed E-state index contributed by atoms with van der Waals surface area (Å²) in [5.74, 6) is 0.815. The van der Waals surface area contributed by atoms with E-state index in [9.17, 15) is 28.5 Å². The standard InChI is InChI=1S/3C17H21FN2O/c3*18-14-8-13(14)12-6-7-20-10-19-9-15(20)16(12)17(21)11-4-2-1-3-5-11/h3*6-7,9-11,13-14,17,21H,1-5,8H2/t3*13-,14+,17?/m111/s1. The van der Waals surface area contributed by atoms with Gasteiger partial charge in [0.2, 0.25) is 0 Å². The van der Waals surface area contributed by atoms with Crippen LogP contribution in [0.5, 0.6) is 0 Å². The number of aromatic nitrogens is 6. The predicted octanol–water partition coefficient (Wildman–Crippen LogP) is 11.3. The molecule has 3 N–H and O–H groups in total. The molecule has 6 aromatic rings. The van der Waals surface area contributed by atoms with E-state index >= 15 is 0 Å². The van der Waals surface area contributed by atoms with Crippen molar-refractivity contribution in [3.8, 4) is 0 Å². The molecule has 0 aliphatic heterocycles. The normalized spacial score (nSPS) is 27.9. The molecule has 336 valence electrons. The number of nitrogens with zero attached hydrogens (tertiary/aromatic N) is 6. The van der Waals surface area contributed by atoms with Crippen LogP contribution in [0.15, 0.2) is 74.4 Å². The van der Waals surface area contributed by atoms with E-state index < -0.39 is 36.8 Å². The minimum absolute atomic E-state index is 0.0295. The summed E-state index contributed by atoms with van der Waals surface area (Å²) < 4.78 is 46.5. The number of imidazole rings is 3. The van der Waals surface area contributed by atoms with Gasteiger partial charge in [0.25, 0.3) is 0 Å². The fraction of sp³-hybridized carbons (Fsp3) is 0.588. The van der Waals surface area contributed by atoms with E-state index in [1.165, 1.54) is 57.8 Å². The Hall–Kier alpha value is -4.26. The number of fused-ring (bicyclic) bond motifs is 3. The molecule has 0 bridgehead atoms. The first-order valence-corrected chi connectivity index (χ1v) is 24.1. The van der Waals surface area contributed by atoms with E-state index in [-0.39, 0.29) is 17.8 Å². The van der Waals surface area contributed by atoms with Crippen molar-refractivity contribution in [3.05, 3.63) is 108 Å². The first-order valence-electron chi connectivity index (χ1n) is 24.1. The molecule has 0 radical (unpaired) electrons. The number of hydrogen-bond donors (Lipinski definition) is 3. The number of alkyl halides is 3. The molecule has 0 aromatic carbocycles. The summed E-state index contributed by atoms with van der Waals surface area (Å²) in [6.07, 6.45) is 31.8. The molecule has 0 spiro atoms. The third kappa shape index (κ3) is 8.80. The molecule has 6 aliphatic rings. The summed E-state index contributed by atoms with van der Waals surface area (Å²) in [5.41, 5.74) is 8.56. The maximum absolute atomic E-state index is 13.6. The van der Waals surface area contributed by atoms with Crippen molar-refractivity contribution in [2.24, 2.45) is 17.8 Å². The second-order valence-corrected chi connectivity index (χ2v) is 19.7. The summed E-state index contributed by atoms with van der Waals surface area (Å²) in [6, 6.07) is 5.92. The van der Waals surface area contributed by atoms with E-state index in [0.717, 1.165) is 88.5 Å². The maximum Gasteiger partial charge on any atom is 0.108 e. The molecule has 6 aromatic heterocycles. The van der Waals surface area contributed by atoms with E-state index in [4.69, 9.17) is 0 Å². The van der Waals surface area contributed by atoms with Crippen LogP contribution in [0.4, 0.5) is 13.2 Å². The Balaban J connectivity index is 0.000000112. The van der Waals surface area contributed by atoms with Crippen LogP contribution in [-0.2, 0) is 0 Å². The van der Waals surface area contributed by atoms with Crippen LogP contribution in [0.3, 0.4) is 0 Å². The molecule has 0 saturated heterocycles. The van der Waals surface area contributed by atoms with Crippen molar-refractivity contribution in [2.75, 3.05) is 0 Å². The number of rotatable bonds is 9. The SMILES string of the molecule is OC(c1c([C@H]2C[C@@H]2F)ccn2cncc12)C1CCCCC1.OC(c1c([C@H]2C[C@@H]2F)ccn2cncc12)C1CCCCC1.OC(c1c([C@H]2C[C@@H]2F)ccn2cncc12)C1CCCCC1. The van der Waals surface area contributed by atoms with Crippen LogP contribution in [0.1, 0.15) is 185 Å². The van der Waals surface area contributed by atoms with Crippen molar-refractivity contribution < 1.29 is 28.5 Å². The van der Waals surface area contributed by atoms with Crippen molar-refractivity contribution in [2.45, 2.75) is 170 Å². The Morgan fingerprint density at radius 1 is 0.429 bits per heavy atom. The molecular weight excluding hydrogens is 802 g/mol. The quantitative estimate of drug-likeness (QED) is 0.133. The fourth-order valence-corrected chi connectivity index (χ4v) is 11.5. The zero-order valence-electron chi connectivity index (χ0n) is 36.2. The summed E-state index contributed by atoms with van der Waals surface area (Å²) in [4.78, 5) is 12.6. The number of aliphatic hydroxyl groups is 3. The van der Waals surface area contributed by atoms with Gasteiger partial charge in [-0.2, -0.15) is 0 Å². The molecule has 9 nitrogen and oxygen atoms in total. The van der Waals surface area contributed by atoms with Crippen LogP contribution in [0.2, 0.25) is 0 Å². The number of pyridine rings is 3. The molecule has 9 atom stereocenters. The van der Waals surface area contributed by atoms with Gasteiger partial charge in [-0.1, -0.05) is 57.8 Å². The minimum atomic E-state index is -0.743. The van der Waals surface area contributed by atoms with Crippen LogP contribution in [0.25, 0.3) is 16.6 Å². The maximum atomic E-state index is 13.6. The Morgan fingerprint density at radius 2 is 0.683 bits per heavy atom. The molecule has 6 heterocycles. The Morgan fingerprint density at radius 3 is 0.921 bits per heavy atom. The van der Waals surface area contributed by atoms with Gasteiger partial charge < -0.3 is 28.5 Å². The van der Waals surface area contributed by atoms with E-state index in [1.807, 2.05) is 50.0 Å². The van der Waals surface area contributed by atoms with Crippen LogP contribution in [-0.4, -0.2) is 62.0 Å². The molecule has 6 saturated carbocycles. The molecule has 12 rings (SSSR count). The monoisotopic (exact) mass is 864 g/mol. The molecule has 3 unspecified atom stereocenters. The zero-order valence-corrected chi connectivity index (χ0v) is 36.2. The van der Waals surface area contributed by atoms with Gasteiger partial charge in [-0.05, 0) is 110 Å². The van der Waals surface area contributed by atoms with Crippen molar-refractivity contribution in [1.82, 2.24) is 28.2 Å². The number of hydrogen-bond acceptors (Lipinski definition) is 6. The van der Waals surface area contributed by atoms with Gasteiger partial charge in [0, 0.05) is 53.0 Å². The number of aliphatic hydroxyl groups excluding tert-OH is 3. The second kappa shape index (κ2) is 18.3. The van der Waals surface area contributed by atoms with Crippen LogP contribution < -0.4 is 0 Å². The lowest BCUT2D eigenvalue weighted by Gasteiger charge is -2.28. The zero-order chi connectivity index (χ0) is 43.2. The highest BCUT2D eigenvalue weighted by molar-refractivity contribution is 5.61. The molecular formula is C51H63F3N6O3. The fourth-order valence-electron chi connectivity index (χ4n) is 11.5. The highest BCUT2D eigenvalue weighted by atomic mass is 19.1. The van der Waals surface area contributed by atoms with E-state index in [0.29, 0.717) is 37.0 Å². The largest absolute Gasteiger partial charge is 0.388 e. The number of halogens is 3. The average molecular weight is 865 g/mol. The summed E-state index contributed by atoms with van der Waals surface area (Å²) in [5, 5.41) is 32.8. The van der Waals surface area contributed by atoms with Gasteiger partial charge in [0.1, 0.15) is 18.5 Å². The van der Waals surface area contributed by atoms with Gasteiger partial charge >= 0.3 is 0 Å². The lowest BCUT2D eigenvalue weighted by atomic mass is 9.81. The highest BCUT2D eigenvalue weighted by Crippen LogP contribution is 2.51. The Kier molecular flexibility index (Phi) is 12.4.